The van der Waals surface area contributed by atoms with Gasteiger partial charge in [-0.25, -0.2) is 0 Å². The highest BCUT2D eigenvalue weighted by atomic mass is 19.4. The number of alkyl halides is 3. The summed E-state index contributed by atoms with van der Waals surface area (Å²) in [5, 5.41) is 7.47. The number of halogens is 3. The number of aromatic nitrogens is 2. The normalized spacial score (nSPS) is 13.2. The van der Waals surface area contributed by atoms with Gasteiger partial charge in [-0.05, 0) is 17.7 Å². The molecule has 0 aliphatic carbocycles. The largest absolute Gasteiger partial charge is 0.454 e. The van der Waals surface area contributed by atoms with Crippen molar-refractivity contribution in [3.8, 4) is 11.5 Å². The number of amides is 1. The standard InChI is InChI=1S/C13H10F3N3O3/c14-13(15,16)11-8(5-18-19-11)12(20)17-4-7-1-2-9-10(3-7)22-6-21-9/h1-3,5H,4,6H2,(H,17,20)(H,18,19). The molecule has 0 spiro atoms. The van der Waals surface area contributed by atoms with E-state index in [1.807, 2.05) is 0 Å². The number of rotatable bonds is 3. The van der Waals surface area contributed by atoms with Gasteiger partial charge in [0, 0.05) is 6.54 Å². The minimum Gasteiger partial charge on any atom is -0.454 e. The Bertz CT molecular complexity index is 712. The van der Waals surface area contributed by atoms with Gasteiger partial charge in [-0.2, -0.15) is 18.3 Å². The number of carbonyl (C=O) groups excluding carboxylic acids is 1. The number of carbonyl (C=O) groups is 1. The maximum absolute atomic E-state index is 12.7. The summed E-state index contributed by atoms with van der Waals surface area (Å²) in [4.78, 5) is 11.9. The van der Waals surface area contributed by atoms with E-state index >= 15 is 0 Å². The van der Waals surface area contributed by atoms with Gasteiger partial charge in [-0.1, -0.05) is 6.07 Å². The lowest BCUT2D eigenvalue weighted by Gasteiger charge is -2.08. The maximum Gasteiger partial charge on any atom is 0.433 e. The molecule has 9 heteroatoms. The molecule has 1 aromatic carbocycles. The van der Waals surface area contributed by atoms with Crippen molar-refractivity contribution in [3.05, 3.63) is 41.2 Å². The lowest BCUT2D eigenvalue weighted by molar-refractivity contribution is -0.141. The summed E-state index contributed by atoms with van der Waals surface area (Å²) in [6, 6.07) is 5.01. The van der Waals surface area contributed by atoms with Crippen LogP contribution in [0.25, 0.3) is 0 Å². The molecule has 116 valence electrons. The van der Waals surface area contributed by atoms with Crippen molar-refractivity contribution in [3.63, 3.8) is 0 Å². The van der Waals surface area contributed by atoms with Gasteiger partial charge in [0.25, 0.3) is 5.91 Å². The van der Waals surface area contributed by atoms with Crippen LogP contribution in [0.5, 0.6) is 11.5 Å². The highest BCUT2D eigenvalue weighted by molar-refractivity contribution is 5.95. The summed E-state index contributed by atoms with van der Waals surface area (Å²) in [5.41, 5.74) is -1.04. The summed E-state index contributed by atoms with van der Waals surface area (Å²) in [6.45, 7) is 0.174. The molecule has 0 fully saturated rings. The number of ether oxygens (including phenoxy) is 2. The first kappa shape index (κ1) is 14.2. The summed E-state index contributed by atoms with van der Waals surface area (Å²) in [5.74, 6) is 0.258. The predicted molar refractivity (Wildman–Crippen MR) is 67.3 cm³/mol. The van der Waals surface area contributed by atoms with E-state index in [9.17, 15) is 18.0 Å². The van der Waals surface area contributed by atoms with E-state index in [1.54, 1.807) is 23.3 Å². The zero-order valence-electron chi connectivity index (χ0n) is 11.0. The van der Waals surface area contributed by atoms with Crippen LogP contribution in [0.1, 0.15) is 21.6 Å². The Morgan fingerprint density at radius 2 is 2.09 bits per heavy atom. The fourth-order valence-corrected chi connectivity index (χ4v) is 2.00. The number of benzene rings is 1. The monoisotopic (exact) mass is 313 g/mol. The van der Waals surface area contributed by atoms with E-state index in [2.05, 4.69) is 10.4 Å². The molecule has 0 saturated heterocycles. The number of fused-ring (bicyclic) bond motifs is 1. The first-order chi connectivity index (χ1) is 10.4. The van der Waals surface area contributed by atoms with Gasteiger partial charge in [-0.3, -0.25) is 9.89 Å². The van der Waals surface area contributed by atoms with Crippen LogP contribution in [0.3, 0.4) is 0 Å². The van der Waals surface area contributed by atoms with E-state index in [-0.39, 0.29) is 13.3 Å². The average Bonchev–Trinajstić information content (AvgIpc) is 3.12. The Hall–Kier alpha value is -2.71. The topological polar surface area (TPSA) is 76.2 Å². The molecule has 22 heavy (non-hydrogen) atoms. The first-order valence-corrected chi connectivity index (χ1v) is 6.22. The van der Waals surface area contributed by atoms with Crippen molar-refractivity contribution in [2.24, 2.45) is 0 Å². The Kier molecular flexibility index (Phi) is 3.39. The molecular weight excluding hydrogens is 303 g/mol. The second-order valence-electron chi connectivity index (χ2n) is 4.53. The fraction of sp³-hybridized carbons (Fsp3) is 0.231. The third kappa shape index (κ3) is 2.69. The maximum atomic E-state index is 12.7. The summed E-state index contributed by atoms with van der Waals surface area (Å²) in [6.07, 6.45) is -3.82. The van der Waals surface area contributed by atoms with E-state index in [4.69, 9.17) is 9.47 Å². The molecule has 1 amide bonds. The number of H-pyrrole nitrogens is 1. The van der Waals surface area contributed by atoms with Gasteiger partial charge in [0.1, 0.15) is 0 Å². The SMILES string of the molecule is O=C(NCc1ccc2c(c1)OCO2)c1cn[nH]c1C(F)(F)F. The summed E-state index contributed by atoms with van der Waals surface area (Å²) >= 11 is 0. The molecule has 3 rings (SSSR count). The summed E-state index contributed by atoms with van der Waals surface area (Å²) in [7, 11) is 0. The van der Waals surface area contributed by atoms with Crippen LogP contribution in [0.4, 0.5) is 13.2 Å². The fourth-order valence-electron chi connectivity index (χ4n) is 2.00. The van der Waals surface area contributed by atoms with Gasteiger partial charge >= 0.3 is 6.18 Å². The van der Waals surface area contributed by atoms with Gasteiger partial charge in [0.2, 0.25) is 6.79 Å². The molecule has 2 aromatic rings. The number of hydrogen-bond donors (Lipinski definition) is 2. The van der Waals surface area contributed by atoms with E-state index in [1.165, 1.54) is 0 Å². The van der Waals surface area contributed by atoms with Gasteiger partial charge in [0.05, 0.1) is 11.8 Å². The van der Waals surface area contributed by atoms with Crippen molar-refractivity contribution in [2.45, 2.75) is 12.7 Å². The van der Waals surface area contributed by atoms with Gasteiger partial charge in [-0.15, -0.1) is 0 Å². The Labute approximate surface area is 122 Å². The van der Waals surface area contributed by atoms with Crippen molar-refractivity contribution in [1.29, 1.82) is 0 Å². The predicted octanol–water partition coefficient (Wildman–Crippen LogP) is 2.09. The van der Waals surface area contributed by atoms with E-state index in [0.29, 0.717) is 17.1 Å². The molecule has 6 nitrogen and oxygen atoms in total. The molecule has 1 aliphatic rings. The van der Waals surface area contributed by atoms with Crippen LogP contribution in [0, 0.1) is 0 Å². The summed E-state index contributed by atoms with van der Waals surface area (Å²) < 4.78 is 48.3. The van der Waals surface area contributed by atoms with E-state index < -0.39 is 23.3 Å². The number of nitrogens with one attached hydrogen (secondary N) is 2. The number of hydrogen-bond acceptors (Lipinski definition) is 4. The average molecular weight is 313 g/mol. The third-order valence-corrected chi connectivity index (χ3v) is 3.06. The molecule has 1 aromatic heterocycles. The molecule has 1 aliphatic heterocycles. The minimum atomic E-state index is -4.66. The molecule has 0 unspecified atom stereocenters. The lowest BCUT2D eigenvalue weighted by Crippen LogP contribution is -2.25. The van der Waals surface area contributed by atoms with E-state index in [0.717, 1.165) is 6.20 Å². The molecule has 0 atom stereocenters. The molecule has 2 N–H and O–H groups in total. The Morgan fingerprint density at radius 3 is 2.86 bits per heavy atom. The molecule has 2 heterocycles. The van der Waals surface area contributed by atoms with Crippen LogP contribution in [-0.4, -0.2) is 22.9 Å². The van der Waals surface area contributed by atoms with Crippen LogP contribution in [0.2, 0.25) is 0 Å². The third-order valence-electron chi connectivity index (χ3n) is 3.06. The second-order valence-corrected chi connectivity index (χ2v) is 4.53. The number of nitrogens with zero attached hydrogens (tertiary/aromatic N) is 1. The minimum absolute atomic E-state index is 0.0535. The highest BCUT2D eigenvalue weighted by Gasteiger charge is 2.37. The van der Waals surface area contributed by atoms with Gasteiger partial charge < -0.3 is 14.8 Å². The van der Waals surface area contributed by atoms with Crippen molar-refractivity contribution in [2.75, 3.05) is 6.79 Å². The highest BCUT2D eigenvalue weighted by Crippen LogP contribution is 2.32. The zero-order valence-corrected chi connectivity index (χ0v) is 11.0. The first-order valence-electron chi connectivity index (χ1n) is 6.22. The Balaban J connectivity index is 1.69. The van der Waals surface area contributed by atoms with Crippen LogP contribution >= 0.6 is 0 Å². The van der Waals surface area contributed by atoms with Crippen molar-refractivity contribution >= 4 is 5.91 Å². The van der Waals surface area contributed by atoms with Crippen molar-refractivity contribution < 1.29 is 27.4 Å². The van der Waals surface area contributed by atoms with Crippen LogP contribution < -0.4 is 14.8 Å². The van der Waals surface area contributed by atoms with Crippen LogP contribution in [0.15, 0.2) is 24.4 Å². The molecule has 0 radical (unpaired) electrons. The van der Waals surface area contributed by atoms with Gasteiger partial charge in [0.15, 0.2) is 17.2 Å². The van der Waals surface area contributed by atoms with Crippen molar-refractivity contribution in [1.82, 2.24) is 15.5 Å². The second kappa shape index (κ2) is 5.24. The number of aromatic amines is 1. The smallest absolute Gasteiger partial charge is 0.433 e. The van der Waals surface area contributed by atoms with Crippen LogP contribution in [-0.2, 0) is 12.7 Å². The quantitative estimate of drug-likeness (QED) is 0.910. The molecular formula is C13H10F3N3O3. The lowest BCUT2D eigenvalue weighted by atomic mass is 10.2. The molecule has 0 saturated carbocycles. The molecule has 0 bridgehead atoms. The zero-order chi connectivity index (χ0) is 15.7. The Morgan fingerprint density at radius 1 is 1.32 bits per heavy atom.